The van der Waals surface area contributed by atoms with E-state index in [1.54, 1.807) is 6.92 Å². The summed E-state index contributed by atoms with van der Waals surface area (Å²) in [6.07, 6.45) is -0.430. The molecule has 1 fully saturated rings. The van der Waals surface area contributed by atoms with Crippen LogP contribution in [-0.2, 0) is 24.9 Å². The second-order valence-electron chi connectivity index (χ2n) is 3.70. The van der Waals surface area contributed by atoms with Gasteiger partial charge in [0, 0.05) is 0 Å². The van der Waals surface area contributed by atoms with E-state index in [0.29, 0.717) is 13.2 Å². The van der Waals surface area contributed by atoms with Crippen molar-refractivity contribution in [2.75, 3.05) is 13.2 Å². The Morgan fingerprint density at radius 1 is 1.35 bits per heavy atom. The van der Waals surface area contributed by atoms with Gasteiger partial charge in [-0.05, 0) is 17.9 Å². The molecule has 1 N–H and O–H groups in total. The van der Waals surface area contributed by atoms with Crippen LogP contribution in [0.25, 0.3) is 0 Å². The van der Waals surface area contributed by atoms with Gasteiger partial charge in [-0.3, -0.25) is 8.74 Å². The third kappa shape index (κ3) is 3.37. The Balaban J connectivity index is 2.04. The van der Waals surface area contributed by atoms with Crippen LogP contribution in [0.15, 0.2) is 24.3 Å². The molecule has 2 unspecified atom stereocenters. The first-order valence-electron chi connectivity index (χ1n) is 5.28. The van der Waals surface area contributed by atoms with Crippen molar-refractivity contribution >= 4 is 23.9 Å². The molecule has 1 aromatic rings. The van der Waals surface area contributed by atoms with E-state index in [2.05, 4.69) is 0 Å². The topological polar surface area (TPSA) is 65.0 Å². The molecule has 92 valence electrons. The highest BCUT2D eigenvalue weighted by Gasteiger charge is 2.26. The lowest BCUT2D eigenvalue weighted by molar-refractivity contribution is 0.227. The minimum atomic E-state index is -2.25. The standard InChI is InChI=1S/C10H13BO5S/c1-8(16-17(12)13)9-2-4-10(5-3-9)11-14-6-7-15-11/h2-5,8H,6-7H2,1H3,(H,12,13). The van der Waals surface area contributed by atoms with Gasteiger partial charge in [0.25, 0.3) is 0 Å². The molecule has 1 heterocycles. The van der Waals surface area contributed by atoms with Crippen LogP contribution in [0.1, 0.15) is 18.6 Å². The second-order valence-corrected chi connectivity index (χ2v) is 4.32. The van der Waals surface area contributed by atoms with E-state index in [1.807, 2.05) is 24.3 Å². The Morgan fingerprint density at radius 2 is 1.94 bits per heavy atom. The van der Waals surface area contributed by atoms with Crippen molar-refractivity contribution in [1.29, 1.82) is 0 Å². The number of hydrogen-bond acceptors (Lipinski definition) is 4. The summed E-state index contributed by atoms with van der Waals surface area (Å²) in [6, 6.07) is 7.40. The lowest BCUT2D eigenvalue weighted by Gasteiger charge is -2.11. The number of benzene rings is 1. The third-order valence-electron chi connectivity index (χ3n) is 2.53. The number of hydrogen-bond donors (Lipinski definition) is 1. The van der Waals surface area contributed by atoms with Gasteiger partial charge in [0.2, 0.25) is 0 Å². The second kappa shape index (κ2) is 5.75. The summed E-state index contributed by atoms with van der Waals surface area (Å²) >= 11 is -2.25. The van der Waals surface area contributed by atoms with Crippen molar-refractivity contribution in [2.45, 2.75) is 13.0 Å². The van der Waals surface area contributed by atoms with Gasteiger partial charge in [0.1, 0.15) is 0 Å². The average Bonchev–Trinajstić information content (AvgIpc) is 2.82. The molecule has 2 rings (SSSR count). The van der Waals surface area contributed by atoms with E-state index in [0.717, 1.165) is 11.0 Å². The highest BCUT2D eigenvalue weighted by Crippen LogP contribution is 2.16. The van der Waals surface area contributed by atoms with Crippen LogP contribution in [-0.4, -0.2) is 29.1 Å². The van der Waals surface area contributed by atoms with E-state index in [9.17, 15) is 4.21 Å². The quantitative estimate of drug-likeness (QED) is 0.632. The Morgan fingerprint density at radius 3 is 2.47 bits per heavy atom. The van der Waals surface area contributed by atoms with Crippen molar-refractivity contribution in [3.05, 3.63) is 29.8 Å². The maximum absolute atomic E-state index is 10.5. The van der Waals surface area contributed by atoms with Crippen molar-refractivity contribution in [3.63, 3.8) is 0 Å². The van der Waals surface area contributed by atoms with Crippen LogP contribution >= 0.6 is 0 Å². The Hall–Kier alpha value is -0.725. The minimum absolute atomic E-state index is 0.299. The molecule has 17 heavy (non-hydrogen) atoms. The fraction of sp³-hybridized carbons (Fsp3) is 0.400. The highest BCUT2D eigenvalue weighted by molar-refractivity contribution is 7.74. The first-order valence-corrected chi connectivity index (χ1v) is 6.31. The zero-order chi connectivity index (χ0) is 12.3. The smallest absolute Gasteiger partial charge is 0.405 e. The normalized spacial score (nSPS) is 19.3. The van der Waals surface area contributed by atoms with Crippen molar-refractivity contribution in [1.82, 2.24) is 0 Å². The summed E-state index contributed by atoms with van der Waals surface area (Å²) in [5.74, 6) is 0. The van der Waals surface area contributed by atoms with E-state index in [1.165, 1.54) is 0 Å². The predicted octanol–water partition coefficient (Wildman–Crippen LogP) is 0.643. The Labute approximate surface area is 103 Å². The van der Waals surface area contributed by atoms with Crippen LogP contribution in [0.2, 0.25) is 0 Å². The highest BCUT2D eigenvalue weighted by atomic mass is 32.2. The summed E-state index contributed by atoms with van der Waals surface area (Å²) in [4.78, 5) is 0. The van der Waals surface area contributed by atoms with E-state index >= 15 is 0 Å². The Kier molecular flexibility index (Phi) is 4.30. The van der Waals surface area contributed by atoms with Gasteiger partial charge in [-0.1, -0.05) is 24.3 Å². The maximum atomic E-state index is 10.5. The van der Waals surface area contributed by atoms with E-state index in [4.69, 9.17) is 18.0 Å². The molecule has 0 bridgehead atoms. The van der Waals surface area contributed by atoms with Crippen LogP contribution in [0.5, 0.6) is 0 Å². The molecule has 0 aliphatic carbocycles. The van der Waals surface area contributed by atoms with E-state index < -0.39 is 17.5 Å². The predicted molar refractivity (Wildman–Crippen MR) is 64.0 cm³/mol. The SMILES string of the molecule is CC(OS(=O)O)c1ccc(B2OCCO2)cc1. The number of rotatable bonds is 4. The van der Waals surface area contributed by atoms with Crippen LogP contribution in [0, 0.1) is 0 Å². The zero-order valence-electron chi connectivity index (χ0n) is 9.37. The monoisotopic (exact) mass is 256 g/mol. The van der Waals surface area contributed by atoms with Gasteiger partial charge in [0.15, 0.2) is 0 Å². The molecule has 2 atom stereocenters. The molecule has 0 spiro atoms. The molecule has 1 aliphatic rings. The van der Waals surface area contributed by atoms with Crippen LogP contribution in [0.3, 0.4) is 0 Å². The summed E-state index contributed by atoms with van der Waals surface area (Å²) in [6.45, 7) is 2.93. The average molecular weight is 256 g/mol. The van der Waals surface area contributed by atoms with Crippen LogP contribution in [0.4, 0.5) is 0 Å². The molecule has 7 heteroatoms. The lowest BCUT2D eigenvalue weighted by atomic mass is 9.79. The fourth-order valence-corrected chi connectivity index (χ4v) is 2.01. The molecule has 1 saturated heterocycles. The van der Waals surface area contributed by atoms with Gasteiger partial charge < -0.3 is 9.31 Å². The van der Waals surface area contributed by atoms with Gasteiger partial charge in [0.05, 0.1) is 19.3 Å². The van der Waals surface area contributed by atoms with Gasteiger partial charge in [-0.2, -0.15) is 4.21 Å². The molecular weight excluding hydrogens is 243 g/mol. The largest absolute Gasteiger partial charge is 0.494 e. The minimum Gasteiger partial charge on any atom is -0.405 e. The molecule has 0 saturated carbocycles. The first kappa shape index (κ1) is 12.7. The molecule has 1 aliphatic heterocycles. The van der Waals surface area contributed by atoms with Gasteiger partial charge in [-0.25, -0.2) is 0 Å². The van der Waals surface area contributed by atoms with Crippen LogP contribution < -0.4 is 5.46 Å². The van der Waals surface area contributed by atoms with Crippen molar-refractivity contribution in [2.24, 2.45) is 0 Å². The fourth-order valence-electron chi connectivity index (χ4n) is 1.65. The van der Waals surface area contributed by atoms with Crippen molar-refractivity contribution in [3.8, 4) is 0 Å². The molecule has 0 aromatic heterocycles. The lowest BCUT2D eigenvalue weighted by Crippen LogP contribution is -2.31. The Bertz CT molecular complexity index is 390. The molecule has 0 radical (unpaired) electrons. The molecular formula is C10H13BO5S. The molecule has 1 aromatic carbocycles. The van der Waals surface area contributed by atoms with Crippen molar-refractivity contribution < 1.29 is 22.3 Å². The molecule has 5 nitrogen and oxygen atoms in total. The van der Waals surface area contributed by atoms with E-state index in [-0.39, 0.29) is 7.12 Å². The van der Waals surface area contributed by atoms with Gasteiger partial charge >= 0.3 is 18.5 Å². The zero-order valence-corrected chi connectivity index (χ0v) is 10.2. The third-order valence-corrected chi connectivity index (χ3v) is 2.98. The van der Waals surface area contributed by atoms with Gasteiger partial charge in [-0.15, -0.1) is 0 Å². The summed E-state index contributed by atoms with van der Waals surface area (Å²) in [5, 5.41) is 0. The summed E-state index contributed by atoms with van der Waals surface area (Å²) in [7, 11) is -0.299. The first-order chi connectivity index (χ1) is 8.16. The molecule has 0 amide bonds. The maximum Gasteiger partial charge on any atom is 0.494 e. The summed E-state index contributed by atoms with van der Waals surface area (Å²) in [5.41, 5.74) is 1.76. The summed E-state index contributed by atoms with van der Waals surface area (Å²) < 4.78 is 34.6.